The lowest BCUT2D eigenvalue weighted by Gasteiger charge is -1.88. The Hall–Kier alpha value is -1.32. The standard InChI is InChI=1S/C5H5FN2O/c6-3-1-4(7)5(9)8-2-3/h1-2H,7H2,(H,8,9). The van der Waals surface area contributed by atoms with Gasteiger partial charge >= 0.3 is 0 Å². The van der Waals surface area contributed by atoms with Gasteiger partial charge in [-0.15, -0.1) is 0 Å². The molecule has 0 amide bonds. The van der Waals surface area contributed by atoms with Crippen molar-refractivity contribution in [2.45, 2.75) is 0 Å². The predicted octanol–water partition coefficient (Wildman–Crippen LogP) is 0.0962. The lowest BCUT2D eigenvalue weighted by atomic mass is 10.4. The lowest BCUT2D eigenvalue weighted by molar-refractivity contribution is 0.621. The van der Waals surface area contributed by atoms with E-state index < -0.39 is 11.4 Å². The summed E-state index contributed by atoms with van der Waals surface area (Å²) in [5.41, 5.74) is 4.47. The fraction of sp³-hybridized carbons (Fsp3) is 0. The van der Waals surface area contributed by atoms with Crippen molar-refractivity contribution >= 4 is 5.69 Å². The lowest BCUT2D eigenvalue weighted by Crippen LogP contribution is -2.10. The maximum Gasteiger partial charge on any atom is 0.271 e. The van der Waals surface area contributed by atoms with Crippen LogP contribution >= 0.6 is 0 Å². The van der Waals surface area contributed by atoms with E-state index in [4.69, 9.17) is 5.73 Å². The average molecular weight is 128 g/mol. The smallest absolute Gasteiger partial charge is 0.271 e. The van der Waals surface area contributed by atoms with Crippen LogP contribution in [0.4, 0.5) is 10.1 Å². The third-order valence-corrected chi connectivity index (χ3v) is 0.897. The summed E-state index contributed by atoms with van der Waals surface area (Å²) < 4.78 is 12.1. The summed E-state index contributed by atoms with van der Waals surface area (Å²) in [6.45, 7) is 0. The normalized spacial score (nSPS) is 9.44. The van der Waals surface area contributed by atoms with Crippen molar-refractivity contribution < 1.29 is 4.39 Å². The summed E-state index contributed by atoms with van der Waals surface area (Å²) in [4.78, 5) is 12.5. The van der Waals surface area contributed by atoms with E-state index in [1.54, 1.807) is 0 Å². The van der Waals surface area contributed by atoms with Crippen LogP contribution < -0.4 is 11.3 Å². The molecule has 0 unspecified atom stereocenters. The summed E-state index contributed by atoms with van der Waals surface area (Å²) in [5, 5.41) is 0. The van der Waals surface area contributed by atoms with Gasteiger partial charge in [-0.1, -0.05) is 0 Å². The molecule has 3 nitrogen and oxygen atoms in total. The van der Waals surface area contributed by atoms with E-state index in [2.05, 4.69) is 4.98 Å². The van der Waals surface area contributed by atoms with Crippen molar-refractivity contribution in [3.05, 3.63) is 28.4 Å². The number of nitrogens with two attached hydrogens (primary N) is 1. The first-order valence-electron chi connectivity index (χ1n) is 2.34. The van der Waals surface area contributed by atoms with Crippen LogP contribution in [-0.2, 0) is 0 Å². The number of H-pyrrole nitrogens is 1. The molecule has 0 aliphatic carbocycles. The zero-order valence-electron chi connectivity index (χ0n) is 4.52. The fourth-order valence-electron chi connectivity index (χ4n) is 0.474. The highest BCUT2D eigenvalue weighted by molar-refractivity contribution is 5.33. The summed E-state index contributed by atoms with van der Waals surface area (Å²) in [6.07, 6.45) is 0.957. The molecule has 9 heavy (non-hydrogen) atoms. The molecule has 48 valence electrons. The second-order valence-electron chi connectivity index (χ2n) is 1.60. The van der Waals surface area contributed by atoms with Crippen molar-refractivity contribution in [3.63, 3.8) is 0 Å². The molecule has 0 aliphatic heterocycles. The molecule has 1 aromatic rings. The summed E-state index contributed by atoms with van der Waals surface area (Å²) >= 11 is 0. The molecule has 1 aromatic heterocycles. The Morgan fingerprint density at radius 3 is 2.78 bits per heavy atom. The number of pyridine rings is 1. The van der Waals surface area contributed by atoms with Crippen LogP contribution in [0.3, 0.4) is 0 Å². The molecule has 0 aliphatic rings. The molecule has 3 N–H and O–H groups in total. The zero-order chi connectivity index (χ0) is 6.85. The number of nitrogens with one attached hydrogen (secondary N) is 1. The highest BCUT2D eigenvalue weighted by Gasteiger charge is 1.93. The van der Waals surface area contributed by atoms with Gasteiger partial charge in [0.15, 0.2) is 0 Å². The van der Waals surface area contributed by atoms with Gasteiger partial charge in [-0.3, -0.25) is 4.79 Å². The Morgan fingerprint density at radius 2 is 2.33 bits per heavy atom. The Morgan fingerprint density at radius 1 is 1.67 bits per heavy atom. The largest absolute Gasteiger partial charge is 0.394 e. The van der Waals surface area contributed by atoms with Crippen LogP contribution in [0.1, 0.15) is 0 Å². The number of halogens is 1. The molecule has 0 radical (unpaired) electrons. The molecule has 0 bridgehead atoms. The molecule has 0 spiro atoms. The molecule has 0 fully saturated rings. The van der Waals surface area contributed by atoms with Crippen molar-refractivity contribution in [2.75, 3.05) is 5.73 Å². The minimum absolute atomic E-state index is 0.102. The molecule has 0 atom stereocenters. The number of aromatic amines is 1. The Labute approximate surface area is 50.3 Å². The van der Waals surface area contributed by atoms with E-state index in [0.29, 0.717) is 0 Å². The fourth-order valence-corrected chi connectivity index (χ4v) is 0.474. The van der Waals surface area contributed by atoms with E-state index in [1.165, 1.54) is 0 Å². The van der Waals surface area contributed by atoms with Gasteiger partial charge < -0.3 is 10.7 Å². The van der Waals surface area contributed by atoms with Gasteiger partial charge in [-0.05, 0) is 0 Å². The molecule has 4 heteroatoms. The number of hydrogen-bond acceptors (Lipinski definition) is 2. The molecule has 0 saturated carbocycles. The average Bonchev–Trinajstić information content (AvgIpc) is 1.80. The van der Waals surface area contributed by atoms with Crippen molar-refractivity contribution in [1.82, 2.24) is 4.98 Å². The first-order chi connectivity index (χ1) is 4.20. The van der Waals surface area contributed by atoms with Gasteiger partial charge in [-0.25, -0.2) is 4.39 Å². The van der Waals surface area contributed by atoms with Crippen LogP contribution in [0.5, 0.6) is 0 Å². The summed E-state index contributed by atoms with van der Waals surface area (Å²) in [6, 6.07) is 0.971. The Balaban J connectivity index is 3.34. The molecule has 0 saturated heterocycles. The van der Waals surface area contributed by atoms with E-state index >= 15 is 0 Å². The van der Waals surface area contributed by atoms with E-state index in [-0.39, 0.29) is 5.69 Å². The minimum atomic E-state index is -0.535. The van der Waals surface area contributed by atoms with Gasteiger partial charge in [0.05, 0.1) is 0 Å². The zero-order valence-corrected chi connectivity index (χ0v) is 4.52. The summed E-state index contributed by atoms with van der Waals surface area (Å²) in [7, 11) is 0. The topological polar surface area (TPSA) is 58.9 Å². The molecule has 0 aromatic carbocycles. The van der Waals surface area contributed by atoms with E-state index in [9.17, 15) is 9.18 Å². The highest BCUT2D eigenvalue weighted by atomic mass is 19.1. The second kappa shape index (κ2) is 1.89. The van der Waals surface area contributed by atoms with Crippen LogP contribution in [0.15, 0.2) is 17.1 Å². The Kier molecular flexibility index (Phi) is 1.22. The number of anilines is 1. The quantitative estimate of drug-likeness (QED) is 0.520. The first kappa shape index (κ1) is 5.81. The minimum Gasteiger partial charge on any atom is -0.394 e. The van der Waals surface area contributed by atoms with Gasteiger partial charge in [-0.2, -0.15) is 0 Å². The third-order valence-electron chi connectivity index (χ3n) is 0.897. The molecular formula is C5H5FN2O. The second-order valence-corrected chi connectivity index (χ2v) is 1.60. The van der Waals surface area contributed by atoms with Crippen molar-refractivity contribution in [3.8, 4) is 0 Å². The van der Waals surface area contributed by atoms with Crippen LogP contribution in [0.25, 0.3) is 0 Å². The highest BCUT2D eigenvalue weighted by Crippen LogP contribution is 1.94. The number of nitrogen functional groups attached to an aromatic ring is 1. The predicted molar refractivity (Wildman–Crippen MR) is 31.4 cm³/mol. The van der Waals surface area contributed by atoms with Gasteiger partial charge in [0.2, 0.25) is 0 Å². The molecule has 1 rings (SSSR count). The monoisotopic (exact) mass is 128 g/mol. The summed E-state index contributed by atoms with van der Waals surface area (Å²) in [5.74, 6) is -0.535. The van der Waals surface area contributed by atoms with Crippen molar-refractivity contribution in [1.29, 1.82) is 0 Å². The van der Waals surface area contributed by atoms with Gasteiger partial charge in [0.25, 0.3) is 5.56 Å². The van der Waals surface area contributed by atoms with E-state index in [0.717, 1.165) is 12.3 Å². The Bertz CT molecular complexity index is 268. The maximum absolute atomic E-state index is 12.1. The number of hydrogen-bond donors (Lipinski definition) is 2. The van der Waals surface area contributed by atoms with Crippen molar-refractivity contribution in [2.24, 2.45) is 0 Å². The number of rotatable bonds is 0. The van der Waals surface area contributed by atoms with Crippen LogP contribution in [-0.4, -0.2) is 4.98 Å². The van der Waals surface area contributed by atoms with Gasteiger partial charge in [0.1, 0.15) is 11.5 Å². The van der Waals surface area contributed by atoms with Crippen LogP contribution in [0.2, 0.25) is 0 Å². The van der Waals surface area contributed by atoms with Crippen LogP contribution in [0, 0.1) is 5.82 Å². The third kappa shape index (κ3) is 1.07. The maximum atomic E-state index is 12.1. The van der Waals surface area contributed by atoms with E-state index in [1.807, 2.05) is 0 Å². The molecule has 1 heterocycles. The number of aromatic nitrogens is 1. The molecular weight excluding hydrogens is 123 g/mol. The first-order valence-corrected chi connectivity index (χ1v) is 2.34. The SMILES string of the molecule is Nc1cc(F)c[nH]c1=O. The van der Waals surface area contributed by atoms with Gasteiger partial charge in [0, 0.05) is 12.3 Å².